The van der Waals surface area contributed by atoms with Crippen LogP contribution in [0.2, 0.25) is 0 Å². The largest absolute Gasteiger partial charge is 0.426 e. The van der Waals surface area contributed by atoms with Crippen LogP contribution in [0.15, 0.2) is 0 Å². The minimum absolute atomic E-state index is 2.24. The fourth-order valence-electron chi connectivity index (χ4n) is 2.25. The number of hydrogen-bond acceptors (Lipinski definition) is 1. The van der Waals surface area contributed by atoms with E-state index in [1.165, 1.54) is 0 Å². The molecule has 0 aromatic heterocycles. The second kappa shape index (κ2) is 6.54. The summed E-state index contributed by atoms with van der Waals surface area (Å²) in [6.07, 6.45) is -24.3. The quantitative estimate of drug-likeness (QED) is 0.448. The zero-order valence-corrected chi connectivity index (χ0v) is 12.4. The van der Waals surface area contributed by atoms with Crippen LogP contribution in [-0.2, 0) is 4.74 Å². The first-order valence-corrected chi connectivity index (χ1v) is 6.75. The van der Waals surface area contributed by atoms with Crippen molar-refractivity contribution < 1.29 is 57.4 Å². The van der Waals surface area contributed by atoms with Crippen molar-refractivity contribution in [3.05, 3.63) is 0 Å². The number of rotatable bonds is 4. The second-order valence-electron chi connectivity index (χ2n) is 5.43. The third kappa shape index (κ3) is 3.91. The molecule has 0 unspecified atom stereocenters. The van der Waals surface area contributed by atoms with Gasteiger partial charge < -0.3 is 4.74 Å². The number of alkyl halides is 13. The van der Waals surface area contributed by atoms with Crippen LogP contribution in [0.3, 0.4) is 0 Å². The van der Waals surface area contributed by atoms with Crippen LogP contribution in [0.25, 0.3) is 0 Å². The van der Waals surface area contributed by atoms with Gasteiger partial charge in [0.25, 0.3) is 5.67 Å². The normalized spacial score (nSPS) is 35.3. The van der Waals surface area contributed by atoms with Crippen molar-refractivity contribution in [1.82, 2.24) is 0 Å². The average Bonchev–Trinajstić information content (AvgIpc) is 2.38. The molecule has 0 aromatic rings. The van der Waals surface area contributed by atoms with Crippen molar-refractivity contribution in [3.63, 3.8) is 0 Å². The van der Waals surface area contributed by atoms with E-state index in [0.717, 1.165) is 0 Å². The lowest BCUT2D eigenvalue weighted by molar-refractivity contribution is -0.360. The number of hydrogen-bond donors (Lipinski definition) is 0. The van der Waals surface area contributed by atoms with Crippen molar-refractivity contribution in [1.29, 1.82) is 0 Å². The lowest BCUT2D eigenvalue weighted by Gasteiger charge is -2.48. The fourth-order valence-corrected chi connectivity index (χ4v) is 2.63. The smallest absolute Gasteiger partial charge is 0.370 e. The molecule has 0 bridgehead atoms. The van der Waals surface area contributed by atoms with E-state index in [1.807, 2.05) is 0 Å². The monoisotopic (exact) mass is 420 g/mol. The van der Waals surface area contributed by atoms with Crippen LogP contribution in [-0.4, -0.2) is 54.1 Å². The van der Waals surface area contributed by atoms with Gasteiger partial charge in [0.15, 0.2) is 0 Å². The van der Waals surface area contributed by atoms with Gasteiger partial charge in [-0.3, -0.25) is 0 Å². The molecule has 0 aliphatic heterocycles. The molecule has 0 aromatic carbocycles. The number of halogens is 13. The summed E-state index contributed by atoms with van der Waals surface area (Å²) < 4.78 is 158. The molecule has 1 aliphatic carbocycles. The van der Waals surface area contributed by atoms with Gasteiger partial charge in [0.2, 0.25) is 5.67 Å². The lowest BCUT2D eigenvalue weighted by Crippen LogP contribution is -2.70. The van der Waals surface area contributed by atoms with E-state index in [-0.39, 0.29) is 0 Å². The summed E-state index contributed by atoms with van der Waals surface area (Å²) in [4.78, 5) is 0. The molecule has 4 atom stereocenters. The van der Waals surface area contributed by atoms with E-state index in [4.69, 9.17) is 11.6 Å². The first-order valence-electron chi connectivity index (χ1n) is 6.32. The van der Waals surface area contributed by atoms with Gasteiger partial charge in [0.1, 0.15) is 6.61 Å². The topological polar surface area (TPSA) is 9.23 Å². The van der Waals surface area contributed by atoms with E-state index >= 15 is 0 Å². The van der Waals surface area contributed by atoms with Gasteiger partial charge in [-0.25, -0.2) is 17.6 Å². The summed E-state index contributed by atoms with van der Waals surface area (Å²) in [6.45, 7) is -2.24. The molecule has 1 nitrogen and oxygen atoms in total. The van der Waals surface area contributed by atoms with E-state index in [2.05, 4.69) is 4.74 Å². The summed E-state index contributed by atoms with van der Waals surface area (Å²) >= 11 is 5.23. The highest BCUT2D eigenvalue weighted by molar-refractivity contribution is 6.21. The van der Waals surface area contributed by atoms with Gasteiger partial charge in [-0.2, -0.15) is 35.1 Å². The molecule has 1 rings (SSSR count). The highest BCUT2D eigenvalue weighted by Gasteiger charge is 2.81. The van der Waals surface area contributed by atoms with E-state index < -0.39 is 67.0 Å². The molecule has 25 heavy (non-hydrogen) atoms. The third-order valence-corrected chi connectivity index (χ3v) is 4.13. The van der Waals surface area contributed by atoms with Crippen LogP contribution in [0.4, 0.5) is 52.7 Å². The molecule has 0 heterocycles. The second-order valence-corrected chi connectivity index (χ2v) is 5.99. The van der Waals surface area contributed by atoms with Gasteiger partial charge >= 0.3 is 24.7 Å². The summed E-state index contributed by atoms with van der Waals surface area (Å²) in [5.74, 6) is -4.87. The molecule has 0 radical (unpaired) electrons. The van der Waals surface area contributed by atoms with Crippen molar-refractivity contribution in [2.24, 2.45) is 0 Å². The summed E-state index contributed by atoms with van der Waals surface area (Å²) in [6, 6.07) is 0. The van der Waals surface area contributed by atoms with Crippen molar-refractivity contribution >= 4 is 11.6 Å². The standard InChI is InChI=1S/C11H9ClF12O/c12-4-1-8(17,10(19,20)21)9(18,11(22,23)24)2-5(4)25-3-7(15,16)6(13)14/h4-6H,1-3H2/t4-,5+,8+,9-/m0/s1. The molecular weight excluding hydrogens is 412 g/mol. The third-order valence-electron chi connectivity index (χ3n) is 3.70. The summed E-state index contributed by atoms with van der Waals surface area (Å²) in [5, 5.41) is -2.33. The molecule has 1 aliphatic rings. The van der Waals surface area contributed by atoms with Crippen molar-refractivity contribution in [2.45, 2.75) is 60.4 Å². The molecular formula is C11H9ClF12O. The molecule has 0 spiro atoms. The van der Waals surface area contributed by atoms with Crippen LogP contribution in [0, 0.1) is 0 Å². The Kier molecular flexibility index (Phi) is 5.87. The molecule has 150 valence electrons. The predicted octanol–water partition coefficient (Wildman–Crippen LogP) is 5.21. The van der Waals surface area contributed by atoms with Gasteiger partial charge in [-0.05, 0) is 0 Å². The Balaban J connectivity index is 3.15. The van der Waals surface area contributed by atoms with Crippen LogP contribution < -0.4 is 0 Å². The van der Waals surface area contributed by atoms with Crippen LogP contribution in [0.5, 0.6) is 0 Å². The van der Waals surface area contributed by atoms with Gasteiger partial charge in [0.05, 0.1) is 11.5 Å². The maximum atomic E-state index is 14.1. The minimum atomic E-state index is -6.40. The maximum absolute atomic E-state index is 14.1. The maximum Gasteiger partial charge on any atom is 0.426 e. The Bertz CT molecular complexity index is 477. The van der Waals surface area contributed by atoms with Gasteiger partial charge in [-0.15, -0.1) is 11.6 Å². The molecule has 0 N–H and O–H groups in total. The van der Waals surface area contributed by atoms with Crippen LogP contribution in [0.1, 0.15) is 12.8 Å². The highest BCUT2D eigenvalue weighted by atomic mass is 35.5. The average molecular weight is 421 g/mol. The zero-order valence-electron chi connectivity index (χ0n) is 11.7. The Morgan fingerprint density at radius 1 is 0.880 bits per heavy atom. The van der Waals surface area contributed by atoms with Crippen molar-refractivity contribution in [3.8, 4) is 0 Å². The van der Waals surface area contributed by atoms with Gasteiger partial charge in [0, 0.05) is 12.8 Å². The Morgan fingerprint density at radius 2 is 1.28 bits per heavy atom. The predicted molar refractivity (Wildman–Crippen MR) is 59.4 cm³/mol. The first-order chi connectivity index (χ1) is 10.9. The lowest BCUT2D eigenvalue weighted by atomic mass is 9.71. The van der Waals surface area contributed by atoms with E-state index in [1.54, 1.807) is 0 Å². The molecule has 1 saturated carbocycles. The number of ether oxygens (including phenoxy) is 1. The Hall–Kier alpha value is -0.590. The van der Waals surface area contributed by atoms with Crippen molar-refractivity contribution in [2.75, 3.05) is 6.61 Å². The first kappa shape index (κ1) is 22.5. The van der Waals surface area contributed by atoms with Gasteiger partial charge in [-0.1, -0.05) is 0 Å². The van der Waals surface area contributed by atoms with Crippen LogP contribution >= 0.6 is 11.6 Å². The summed E-state index contributed by atoms with van der Waals surface area (Å²) in [5.41, 5.74) is -11.0. The minimum Gasteiger partial charge on any atom is -0.370 e. The fraction of sp³-hybridized carbons (Fsp3) is 1.00. The Morgan fingerprint density at radius 3 is 1.64 bits per heavy atom. The zero-order chi connectivity index (χ0) is 20.1. The Labute approximate surface area is 137 Å². The molecule has 0 amide bonds. The van der Waals surface area contributed by atoms with E-state index in [9.17, 15) is 52.7 Å². The van der Waals surface area contributed by atoms with E-state index in [0.29, 0.717) is 0 Å². The molecule has 1 fully saturated rings. The highest BCUT2D eigenvalue weighted by Crippen LogP contribution is 2.59. The SMILES string of the molecule is FC(F)C(F)(F)CO[C@@H]1C[C@@](F)(C(F)(F)F)[C@@](F)(C(F)(F)F)C[C@@H]1Cl. The molecule has 0 saturated heterocycles. The summed E-state index contributed by atoms with van der Waals surface area (Å²) in [7, 11) is 0. The molecule has 14 heteroatoms.